The Kier molecular flexibility index (Phi) is 9.87. The Morgan fingerprint density at radius 1 is 1.03 bits per heavy atom. The summed E-state index contributed by atoms with van der Waals surface area (Å²) in [5.41, 5.74) is 1.18. The fraction of sp³-hybridized carbons (Fsp3) is 0.417. The molecule has 0 bridgehead atoms. The standard InChI is InChI=1S/C24H33N3O4S/c1-16(2)19(27(3)4)14-25-24(29)18-9-7-8-10-22(18)32-15-23(28)26-17-11-12-20(30-5)21(13-17)31-6/h7-13,16,19H,14-15H2,1-6H3,(H,25,29)(H,26,28). The van der Waals surface area contributed by atoms with Crippen LogP contribution in [0.4, 0.5) is 5.69 Å². The number of hydrogen-bond acceptors (Lipinski definition) is 6. The number of nitrogens with one attached hydrogen (secondary N) is 2. The van der Waals surface area contributed by atoms with Gasteiger partial charge in [0.15, 0.2) is 11.5 Å². The average molecular weight is 460 g/mol. The Morgan fingerprint density at radius 3 is 2.34 bits per heavy atom. The number of nitrogens with zero attached hydrogens (tertiary/aromatic N) is 1. The normalized spacial score (nSPS) is 11.9. The van der Waals surface area contributed by atoms with E-state index < -0.39 is 0 Å². The lowest BCUT2D eigenvalue weighted by Crippen LogP contribution is -2.43. The van der Waals surface area contributed by atoms with Crippen molar-refractivity contribution in [2.75, 3.05) is 45.9 Å². The maximum Gasteiger partial charge on any atom is 0.252 e. The van der Waals surface area contributed by atoms with E-state index in [-0.39, 0.29) is 23.6 Å². The molecule has 7 nitrogen and oxygen atoms in total. The number of methoxy groups -OCH3 is 2. The molecule has 2 aromatic carbocycles. The number of ether oxygens (including phenoxy) is 2. The predicted molar refractivity (Wildman–Crippen MR) is 130 cm³/mol. The molecule has 32 heavy (non-hydrogen) atoms. The van der Waals surface area contributed by atoms with Crippen molar-refractivity contribution in [3.05, 3.63) is 48.0 Å². The molecule has 2 amide bonds. The minimum Gasteiger partial charge on any atom is -0.493 e. The minimum absolute atomic E-state index is 0.138. The number of anilines is 1. The first kappa shape index (κ1) is 25.5. The van der Waals surface area contributed by atoms with Gasteiger partial charge in [-0.2, -0.15) is 0 Å². The number of rotatable bonds is 11. The molecule has 1 atom stereocenters. The molecule has 174 valence electrons. The fourth-order valence-electron chi connectivity index (χ4n) is 3.34. The van der Waals surface area contributed by atoms with E-state index >= 15 is 0 Å². The number of hydrogen-bond donors (Lipinski definition) is 2. The van der Waals surface area contributed by atoms with Crippen molar-refractivity contribution < 1.29 is 19.1 Å². The number of thioether (sulfide) groups is 1. The first-order chi connectivity index (χ1) is 15.3. The lowest BCUT2D eigenvalue weighted by Gasteiger charge is -2.28. The highest BCUT2D eigenvalue weighted by Crippen LogP contribution is 2.30. The maximum absolute atomic E-state index is 12.8. The van der Waals surface area contributed by atoms with E-state index in [2.05, 4.69) is 29.4 Å². The number of benzene rings is 2. The van der Waals surface area contributed by atoms with Gasteiger partial charge in [-0.15, -0.1) is 11.8 Å². The summed E-state index contributed by atoms with van der Waals surface area (Å²) in [6.45, 7) is 4.83. The van der Waals surface area contributed by atoms with Gasteiger partial charge in [0.1, 0.15) is 0 Å². The summed E-state index contributed by atoms with van der Waals surface area (Å²) in [4.78, 5) is 28.2. The smallest absolute Gasteiger partial charge is 0.252 e. The van der Waals surface area contributed by atoms with Gasteiger partial charge in [0.05, 0.1) is 25.5 Å². The van der Waals surface area contributed by atoms with Crippen LogP contribution in [0, 0.1) is 5.92 Å². The molecule has 0 fully saturated rings. The highest BCUT2D eigenvalue weighted by atomic mass is 32.2. The molecule has 0 aromatic heterocycles. The summed E-state index contributed by atoms with van der Waals surface area (Å²) in [5, 5.41) is 5.88. The largest absolute Gasteiger partial charge is 0.493 e. The lowest BCUT2D eigenvalue weighted by molar-refractivity contribution is -0.113. The van der Waals surface area contributed by atoms with Gasteiger partial charge in [-0.3, -0.25) is 9.59 Å². The monoisotopic (exact) mass is 459 g/mol. The van der Waals surface area contributed by atoms with Crippen LogP contribution in [-0.4, -0.2) is 63.4 Å². The summed E-state index contributed by atoms with van der Waals surface area (Å²) in [6, 6.07) is 12.8. The van der Waals surface area contributed by atoms with Gasteiger partial charge < -0.3 is 25.0 Å². The second-order valence-corrected chi connectivity index (χ2v) is 8.90. The molecule has 0 radical (unpaired) electrons. The van der Waals surface area contributed by atoms with E-state index in [0.717, 1.165) is 4.90 Å². The average Bonchev–Trinajstić information content (AvgIpc) is 2.77. The first-order valence-corrected chi connectivity index (χ1v) is 11.4. The summed E-state index contributed by atoms with van der Waals surface area (Å²) in [5.74, 6) is 1.40. The summed E-state index contributed by atoms with van der Waals surface area (Å²) >= 11 is 1.33. The van der Waals surface area contributed by atoms with Crippen LogP contribution < -0.4 is 20.1 Å². The highest BCUT2D eigenvalue weighted by Gasteiger charge is 2.19. The van der Waals surface area contributed by atoms with Gasteiger partial charge in [-0.25, -0.2) is 0 Å². The van der Waals surface area contributed by atoms with Gasteiger partial charge in [0, 0.05) is 29.2 Å². The summed E-state index contributed by atoms with van der Waals surface area (Å²) in [7, 11) is 7.13. The molecule has 0 heterocycles. The van der Waals surface area contributed by atoms with Gasteiger partial charge >= 0.3 is 0 Å². The Balaban J connectivity index is 1.99. The zero-order valence-electron chi connectivity index (χ0n) is 19.6. The number of carbonyl (C=O) groups is 2. The highest BCUT2D eigenvalue weighted by molar-refractivity contribution is 8.00. The topological polar surface area (TPSA) is 79.9 Å². The van der Waals surface area contributed by atoms with Crippen LogP contribution in [-0.2, 0) is 4.79 Å². The molecule has 0 aliphatic heterocycles. The number of likely N-dealkylation sites (N-methyl/N-ethyl adjacent to an activating group) is 1. The molecule has 0 aliphatic carbocycles. The molecular formula is C24H33N3O4S. The summed E-state index contributed by atoms with van der Waals surface area (Å²) < 4.78 is 10.5. The zero-order valence-corrected chi connectivity index (χ0v) is 20.4. The van der Waals surface area contributed by atoms with Crippen LogP contribution >= 0.6 is 11.8 Å². The number of carbonyl (C=O) groups excluding carboxylic acids is 2. The van der Waals surface area contributed by atoms with Crippen LogP contribution in [0.3, 0.4) is 0 Å². The predicted octanol–water partition coefficient (Wildman–Crippen LogP) is 3.75. The third kappa shape index (κ3) is 7.17. The SMILES string of the molecule is COc1ccc(NC(=O)CSc2ccccc2C(=O)NCC(C(C)C)N(C)C)cc1OC. The molecular weight excluding hydrogens is 426 g/mol. The Hall–Kier alpha value is -2.71. The Bertz CT molecular complexity index is 910. The lowest BCUT2D eigenvalue weighted by atomic mass is 10.0. The van der Waals surface area contributed by atoms with Gasteiger partial charge in [-0.1, -0.05) is 26.0 Å². The second-order valence-electron chi connectivity index (χ2n) is 7.89. The van der Waals surface area contributed by atoms with Crippen LogP contribution in [0.25, 0.3) is 0 Å². The minimum atomic E-state index is -0.176. The molecule has 2 N–H and O–H groups in total. The molecule has 0 spiro atoms. The summed E-state index contributed by atoms with van der Waals surface area (Å²) in [6.07, 6.45) is 0. The van der Waals surface area contributed by atoms with Crippen molar-refractivity contribution in [1.29, 1.82) is 0 Å². The van der Waals surface area contributed by atoms with Crippen molar-refractivity contribution in [3.63, 3.8) is 0 Å². The van der Waals surface area contributed by atoms with Crippen molar-refractivity contribution in [3.8, 4) is 11.5 Å². The quantitative estimate of drug-likeness (QED) is 0.498. The molecule has 1 unspecified atom stereocenters. The van der Waals surface area contributed by atoms with E-state index in [1.54, 1.807) is 38.5 Å². The molecule has 0 aliphatic rings. The second kappa shape index (κ2) is 12.4. The van der Waals surface area contributed by atoms with Crippen molar-refractivity contribution in [2.24, 2.45) is 5.92 Å². The van der Waals surface area contributed by atoms with Gasteiger partial charge in [0.2, 0.25) is 5.91 Å². The molecule has 8 heteroatoms. The van der Waals surface area contributed by atoms with Gasteiger partial charge in [-0.05, 0) is 44.3 Å². The number of amides is 2. The third-order valence-corrected chi connectivity index (χ3v) is 6.14. The van der Waals surface area contributed by atoms with Crippen molar-refractivity contribution in [1.82, 2.24) is 10.2 Å². The van der Waals surface area contributed by atoms with E-state index in [4.69, 9.17) is 9.47 Å². The maximum atomic E-state index is 12.8. The van der Waals surface area contributed by atoms with Crippen LogP contribution in [0.2, 0.25) is 0 Å². The third-order valence-electron chi connectivity index (χ3n) is 5.06. The van der Waals surface area contributed by atoms with E-state index in [0.29, 0.717) is 35.2 Å². The van der Waals surface area contributed by atoms with E-state index in [9.17, 15) is 9.59 Å². The molecule has 0 saturated carbocycles. The zero-order chi connectivity index (χ0) is 23.7. The van der Waals surface area contributed by atoms with Crippen molar-refractivity contribution in [2.45, 2.75) is 24.8 Å². The van der Waals surface area contributed by atoms with Crippen LogP contribution in [0.5, 0.6) is 11.5 Å². The van der Waals surface area contributed by atoms with Crippen LogP contribution in [0.1, 0.15) is 24.2 Å². The van der Waals surface area contributed by atoms with Crippen molar-refractivity contribution >= 4 is 29.3 Å². The van der Waals surface area contributed by atoms with Gasteiger partial charge in [0.25, 0.3) is 5.91 Å². The fourth-order valence-corrected chi connectivity index (χ4v) is 4.19. The molecule has 0 saturated heterocycles. The Labute approximate surface area is 194 Å². The first-order valence-electron chi connectivity index (χ1n) is 10.4. The van der Waals surface area contributed by atoms with E-state index in [1.165, 1.54) is 11.8 Å². The molecule has 2 aromatic rings. The molecule has 2 rings (SSSR count). The Morgan fingerprint density at radius 2 is 1.72 bits per heavy atom. The van der Waals surface area contributed by atoms with E-state index in [1.807, 2.05) is 32.3 Å². The van der Waals surface area contributed by atoms with Crippen LogP contribution in [0.15, 0.2) is 47.4 Å².